The highest BCUT2D eigenvalue weighted by molar-refractivity contribution is 6.24. The van der Waals surface area contributed by atoms with Gasteiger partial charge in [0.05, 0.1) is 30.7 Å². The molecule has 0 N–H and O–H groups in total. The molecule has 2 amide bonds. The van der Waals surface area contributed by atoms with Crippen molar-refractivity contribution in [3.63, 3.8) is 0 Å². The minimum Gasteiger partial charge on any atom is -0.497 e. The van der Waals surface area contributed by atoms with Crippen LogP contribution in [0.1, 0.15) is 34.5 Å². The summed E-state index contributed by atoms with van der Waals surface area (Å²) in [5, 5.41) is 0. The summed E-state index contributed by atoms with van der Waals surface area (Å²) in [6, 6.07) is 19.4. The Hall–Kier alpha value is -4.72. The van der Waals surface area contributed by atoms with Crippen LogP contribution in [0.25, 0.3) is 6.08 Å². The molecule has 2 saturated heterocycles. The first-order valence-corrected chi connectivity index (χ1v) is 12.3. The smallest absolute Gasteiger partial charge is 0.308 e. The van der Waals surface area contributed by atoms with Gasteiger partial charge in [-0.2, -0.15) is 0 Å². The number of ether oxygens (including phenoxy) is 2. The fraction of sp³-hybridized carbons (Fsp3) is 0.200. The topological polar surface area (TPSA) is 93.2 Å². The highest BCUT2D eigenvalue weighted by Gasteiger charge is 2.64. The van der Waals surface area contributed by atoms with Crippen molar-refractivity contribution in [2.24, 2.45) is 11.8 Å². The molecule has 0 aliphatic carbocycles. The van der Waals surface area contributed by atoms with E-state index in [4.69, 9.17) is 9.47 Å². The van der Waals surface area contributed by atoms with E-state index in [1.165, 1.54) is 11.8 Å². The number of carbonyl (C=O) groups excluding carboxylic acids is 4. The number of benzene rings is 3. The van der Waals surface area contributed by atoms with Crippen LogP contribution in [-0.4, -0.2) is 41.6 Å². The summed E-state index contributed by atoms with van der Waals surface area (Å²) in [6.07, 6.45) is 3.73. The number of ketones is 1. The first-order valence-electron chi connectivity index (χ1n) is 12.3. The first kappa shape index (κ1) is 23.7. The predicted molar refractivity (Wildman–Crippen MR) is 138 cm³/mol. The van der Waals surface area contributed by atoms with Crippen molar-refractivity contribution in [2.75, 3.05) is 12.0 Å². The molecule has 3 heterocycles. The second-order valence-corrected chi connectivity index (χ2v) is 9.53. The van der Waals surface area contributed by atoms with Gasteiger partial charge in [-0.15, -0.1) is 0 Å². The normalized spacial score (nSPS) is 23.1. The third kappa shape index (κ3) is 3.60. The number of imide groups is 1. The minimum atomic E-state index is -0.881. The predicted octanol–water partition coefficient (Wildman–Crippen LogP) is 4.02. The zero-order chi connectivity index (χ0) is 26.6. The Morgan fingerprint density at radius 1 is 0.816 bits per heavy atom. The van der Waals surface area contributed by atoms with Gasteiger partial charge in [-0.1, -0.05) is 24.3 Å². The number of carbonyl (C=O) groups is 4. The number of fused-ring (bicyclic) bond motifs is 5. The molecule has 38 heavy (non-hydrogen) atoms. The van der Waals surface area contributed by atoms with Gasteiger partial charge in [0, 0.05) is 18.7 Å². The standard InChI is InChI=1S/C30H24N2O6/c1-17(33)38-22-11-7-19(8-12-22)28(34)27-25-24(26-23-6-4-3-5-18(23)15-16-31(26)27)29(35)32(30(25)36)20-9-13-21(37-2)14-10-20/h3-16,24-27H,1-2H3/t24-,25+,26-,27+/m0/s1. The third-order valence-electron chi connectivity index (χ3n) is 7.46. The third-order valence-corrected chi connectivity index (χ3v) is 7.46. The van der Waals surface area contributed by atoms with E-state index >= 15 is 0 Å². The number of methoxy groups -OCH3 is 1. The highest BCUT2D eigenvalue weighted by Crippen LogP contribution is 2.53. The SMILES string of the molecule is COc1ccc(N2C(=O)[C@@H]3[C@H](C2=O)[C@@H]2c4ccccc4C=CN2[C@H]3C(=O)c2ccc(OC(C)=O)cc2)cc1. The summed E-state index contributed by atoms with van der Waals surface area (Å²) in [4.78, 5) is 56.2. The Morgan fingerprint density at radius 3 is 2.16 bits per heavy atom. The van der Waals surface area contributed by atoms with Crippen molar-refractivity contribution in [2.45, 2.75) is 19.0 Å². The molecule has 0 radical (unpaired) electrons. The van der Waals surface area contributed by atoms with Crippen LogP contribution >= 0.6 is 0 Å². The monoisotopic (exact) mass is 508 g/mol. The number of rotatable bonds is 5. The van der Waals surface area contributed by atoms with Crippen molar-refractivity contribution in [1.82, 2.24) is 4.90 Å². The summed E-state index contributed by atoms with van der Waals surface area (Å²) in [5.74, 6) is -2.14. The number of anilines is 1. The van der Waals surface area contributed by atoms with Crippen LogP contribution in [0, 0.1) is 11.8 Å². The second-order valence-electron chi connectivity index (χ2n) is 9.53. The van der Waals surface area contributed by atoms with Gasteiger partial charge in [0.15, 0.2) is 5.78 Å². The fourth-order valence-electron chi connectivity index (χ4n) is 5.87. The number of nitrogens with zero attached hydrogens (tertiary/aromatic N) is 2. The molecule has 4 atom stereocenters. The van der Waals surface area contributed by atoms with Crippen molar-refractivity contribution in [3.05, 3.63) is 95.7 Å². The number of Topliss-reactive ketones (excluding diaryl/α,β-unsaturated/α-hetero) is 1. The molecule has 0 spiro atoms. The minimum absolute atomic E-state index is 0.279. The van der Waals surface area contributed by atoms with Crippen molar-refractivity contribution < 1.29 is 28.7 Å². The maximum Gasteiger partial charge on any atom is 0.308 e. The molecular formula is C30H24N2O6. The van der Waals surface area contributed by atoms with Crippen molar-refractivity contribution >= 4 is 35.3 Å². The fourth-order valence-corrected chi connectivity index (χ4v) is 5.87. The van der Waals surface area contributed by atoms with Gasteiger partial charge in [-0.05, 0) is 65.7 Å². The quantitative estimate of drug-likeness (QED) is 0.222. The lowest BCUT2D eigenvalue weighted by molar-refractivity contribution is -0.132. The Balaban J connectivity index is 1.43. The second kappa shape index (κ2) is 8.99. The summed E-state index contributed by atoms with van der Waals surface area (Å²) in [6.45, 7) is 1.30. The van der Waals surface area contributed by atoms with E-state index in [0.29, 0.717) is 22.7 Å². The van der Waals surface area contributed by atoms with E-state index in [0.717, 1.165) is 11.1 Å². The lowest BCUT2D eigenvalue weighted by Gasteiger charge is -2.35. The Labute approximate surface area is 219 Å². The molecule has 0 unspecified atom stereocenters. The van der Waals surface area contributed by atoms with E-state index < -0.39 is 35.8 Å². The van der Waals surface area contributed by atoms with Crippen LogP contribution in [0.3, 0.4) is 0 Å². The van der Waals surface area contributed by atoms with Crippen LogP contribution in [0.5, 0.6) is 11.5 Å². The Kier molecular flexibility index (Phi) is 5.60. The van der Waals surface area contributed by atoms with Crippen LogP contribution in [0.4, 0.5) is 5.69 Å². The summed E-state index contributed by atoms with van der Waals surface area (Å²) in [5.41, 5.74) is 2.66. The molecule has 3 aromatic carbocycles. The van der Waals surface area contributed by atoms with E-state index in [9.17, 15) is 19.2 Å². The highest BCUT2D eigenvalue weighted by atomic mass is 16.5. The number of hydrogen-bond donors (Lipinski definition) is 0. The Morgan fingerprint density at radius 2 is 1.47 bits per heavy atom. The zero-order valence-corrected chi connectivity index (χ0v) is 20.7. The maximum atomic E-state index is 14.0. The molecule has 8 nitrogen and oxygen atoms in total. The summed E-state index contributed by atoms with van der Waals surface area (Å²) >= 11 is 0. The molecule has 3 aliphatic rings. The lowest BCUT2D eigenvalue weighted by atomic mass is 9.83. The van der Waals surface area contributed by atoms with Gasteiger partial charge in [0.1, 0.15) is 17.5 Å². The van der Waals surface area contributed by atoms with Gasteiger partial charge in [0.25, 0.3) is 0 Å². The number of amides is 2. The van der Waals surface area contributed by atoms with Crippen molar-refractivity contribution in [3.8, 4) is 11.5 Å². The van der Waals surface area contributed by atoms with E-state index in [1.54, 1.807) is 55.6 Å². The summed E-state index contributed by atoms with van der Waals surface area (Å²) < 4.78 is 10.3. The molecular weight excluding hydrogens is 484 g/mol. The average molecular weight is 509 g/mol. The van der Waals surface area contributed by atoms with Crippen LogP contribution in [0.15, 0.2) is 79.0 Å². The van der Waals surface area contributed by atoms with Crippen molar-refractivity contribution in [1.29, 1.82) is 0 Å². The summed E-state index contributed by atoms with van der Waals surface area (Å²) in [7, 11) is 1.54. The Bertz CT molecular complexity index is 1490. The van der Waals surface area contributed by atoms with E-state index in [1.807, 2.05) is 41.4 Å². The zero-order valence-electron chi connectivity index (χ0n) is 20.7. The number of hydrogen-bond acceptors (Lipinski definition) is 7. The van der Waals surface area contributed by atoms with Gasteiger partial charge >= 0.3 is 5.97 Å². The molecule has 3 aromatic rings. The van der Waals surface area contributed by atoms with Crippen LogP contribution in [-0.2, 0) is 14.4 Å². The van der Waals surface area contributed by atoms with Gasteiger partial charge < -0.3 is 14.4 Å². The van der Waals surface area contributed by atoms with Gasteiger partial charge in [0.2, 0.25) is 11.8 Å². The maximum absolute atomic E-state index is 14.0. The molecule has 0 saturated carbocycles. The van der Waals surface area contributed by atoms with E-state index in [-0.39, 0.29) is 11.7 Å². The van der Waals surface area contributed by atoms with Gasteiger partial charge in [-0.3, -0.25) is 19.2 Å². The molecule has 0 aromatic heterocycles. The molecule has 6 rings (SSSR count). The van der Waals surface area contributed by atoms with Crippen LogP contribution in [0.2, 0.25) is 0 Å². The van der Waals surface area contributed by atoms with E-state index in [2.05, 4.69) is 0 Å². The largest absolute Gasteiger partial charge is 0.497 e. The molecule has 190 valence electrons. The number of esters is 1. The molecule has 3 aliphatic heterocycles. The molecule has 8 heteroatoms. The average Bonchev–Trinajstić information content (AvgIpc) is 3.40. The first-order chi connectivity index (χ1) is 18.4. The molecule has 0 bridgehead atoms. The van der Waals surface area contributed by atoms with Crippen LogP contribution < -0.4 is 14.4 Å². The molecule has 2 fully saturated rings. The van der Waals surface area contributed by atoms with Gasteiger partial charge in [-0.25, -0.2) is 4.90 Å². The lowest BCUT2D eigenvalue weighted by Crippen LogP contribution is -2.44.